The van der Waals surface area contributed by atoms with Crippen LogP contribution in [0.25, 0.3) is 10.2 Å². The number of halogens is 1. The van der Waals surface area contributed by atoms with Gasteiger partial charge >= 0.3 is 0 Å². The smallest absolute Gasteiger partial charge is 0.231 e. The van der Waals surface area contributed by atoms with Crippen molar-refractivity contribution in [3.05, 3.63) is 47.0 Å². The van der Waals surface area contributed by atoms with Crippen LogP contribution in [0.4, 0.5) is 16.5 Å². The average Bonchev–Trinajstić information content (AvgIpc) is 3.08. The molecule has 3 rings (SSSR count). The van der Waals surface area contributed by atoms with Crippen molar-refractivity contribution >= 4 is 49.7 Å². The van der Waals surface area contributed by atoms with Gasteiger partial charge in [-0.3, -0.25) is 0 Å². The van der Waals surface area contributed by atoms with E-state index in [-0.39, 0.29) is 0 Å². The van der Waals surface area contributed by atoms with Crippen LogP contribution in [0.5, 0.6) is 0 Å². The number of nitrogens with one attached hydrogen (secondary N) is 1. The number of rotatable bonds is 10. The third-order valence-electron chi connectivity index (χ3n) is 4.64. The van der Waals surface area contributed by atoms with Crippen molar-refractivity contribution in [1.82, 2.24) is 4.98 Å². The Morgan fingerprint density at radius 1 is 1.00 bits per heavy atom. The zero-order valence-electron chi connectivity index (χ0n) is 16.5. The normalized spacial score (nSPS) is 11.5. The van der Waals surface area contributed by atoms with E-state index in [0.717, 1.165) is 33.7 Å². The molecule has 0 saturated heterocycles. The van der Waals surface area contributed by atoms with Gasteiger partial charge in [-0.15, -0.1) is 10.2 Å². The number of aryl methyl sites for hydroxylation is 1. The largest absolute Gasteiger partial charge is 0.385 e. The number of nitrogens with zero attached hydrogens (tertiary/aromatic N) is 3. The Labute approximate surface area is 176 Å². The van der Waals surface area contributed by atoms with E-state index in [0.29, 0.717) is 10.2 Å². The molecular weight excluding hydrogens is 388 g/mol. The molecule has 4 nitrogen and oxygen atoms in total. The number of thiazole rings is 1. The number of unbranched alkanes of at least 4 members (excludes halogenated alkanes) is 5. The van der Waals surface area contributed by atoms with Crippen LogP contribution < -0.4 is 5.32 Å². The number of hydrogen-bond donors (Lipinski definition) is 1. The first-order valence-corrected chi connectivity index (χ1v) is 11.2. The van der Waals surface area contributed by atoms with E-state index in [4.69, 9.17) is 11.6 Å². The Balaban J connectivity index is 1.54. The number of benzene rings is 2. The van der Waals surface area contributed by atoms with Crippen LogP contribution in [0.15, 0.2) is 46.6 Å². The van der Waals surface area contributed by atoms with Crippen LogP contribution in [0.2, 0.25) is 5.02 Å². The van der Waals surface area contributed by atoms with Gasteiger partial charge in [-0.1, -0.05) is 62.0 Å². The maximum atomic E-state index is 6.03. The highest BCUT2D eigenvalue weighted by Gasteiger charge is 2.04. The summed E-state index contributed by atoms with van der Waals surface area (Å²) in [5.41, 5.74) is 4.00. The summed E-state index contributed by atoms with van der Waals surface area (Å²) in [6, 6.07) is 11.9. The molecule has 2 aromatic carbocycles. The molecule has 0 bridgehead atoms. The Morgan fingerprint density at radius 2 is 1.82 bits per heavy atom. The molecule has 1 N–H and O–H groups in total. The van der Waals surface area contributed by atoms with Gasteiger partial charge in [0.25, 0.3) is 0 Å². The highest BCUT2D eigenvalue weighted by Crippen LogP contribution is 2.32. The van der Waals surface area contributed by atoms with Crippen molar-refractivity contribution in [2.24, 2.45) is 10.2 Å². The van der Waals surface area contributed by atoms with Crippen molar-refractivity contribution in [3.8, 4) is 0 Å². The summed E-state index contributed by atoms with van der Waals surface area (Å²) >= 11 is 7.52. The summed E-state index contributed by atoms with van der Waals surface area (Å²) in [5.74, 6) is 0. The predicted molar refractivity (Wildman–Crippen MR) is 122 cm³/mol. The average molecular weight is 415 g/mol. The Bertz CT molecular complexity index is 935. The fourth-order valence-corrected chi connectivity index (χ4v) is 4.10. The maximum absolute atomic E-state index is 6.03. The van der Waals surface area contributed by atoms with Crippen LogP contribution in [-0.2, 0) is 0 Å². The Morgan fingerprint density at radius 3 is 2.64 bits per heavy atom. The molecule has 3 aromatic rings. The van der Waals surface area contributed by atoms with Gasteiger partial charge in [0.2, 0.25) is 5.13 Å². The van der Waals surface area contributed by atoms with Crippen molar-refractivity contribution in [1.29, 1.82) is 0 Å². The lowest BCUT2D eigenvalue weighted by Gasteiger charge is -2.08. The van der Waals surface area contributed by atoms with Crippen LogP contribution in [0.3, 0.4) is 0 Å². The molecular formula is C22H27ClN4S. The molecule has 6 heteroatoms. The van der Waals surface area contributed by atoms with Gasteiger partial charge in [-0.2, -0.15) is 0 Å². The summed E-state index contributed by atoms with van der Waals surface area (Å²) < 4.78 is 1.02. The predicted octanol–water partition coefficient (Wildman–Crippen LogP) is 8.45. The fraction of sp³-hybridized carbons (Fsp3) is 0.409. The lowest BCUT2D eigenvalue weighted by atomic mass is 10.1. The first-order chi connectivity index (χ1) is 13.7. The molecule has 0 amide bonds. The zero-order chi connectivity index (χ0) is 19.8. The molecule has 28 heavy (non-hydrogen) atoms. The molecule has 0 aliphatic carbocycles. The third kappa shape index (κ3) is 6.01. The number of anilines is 1. The van der Waals surface area contributed by atoms with E-state index in [1.165, 1.54) is 49.9 Å². The number of aromatic nitrogens is 1. The molecule has 0 spiro atoms. The lowest BCUT2D eigenvalue weighted by Crippen LogP contribution is -2.01. The molecule has 1 aromatic heterocycles. The van der Waals surface area contributed by atoms with E-state index in [1.54, 1.807) is 0 Å². The second-order valence-electron chi connectivity index (χ2n) is 7.00. The monoisotopic (exact) mass is 414 g/mol. The molecule has 1 heterocycles. The standard InChI is InChI=1S/C22H27ClN4S/c1-3-4-5-6-7-8-13-24-18-10-12-19(16(2)14-18)26-27-22-25-20-11-9-17(23)15-21(20)28-22/h9-12,14-15,24H,3-8,13H2,1-2H3. The minimum atomic E-state index is 0.641. The van der Waals surface area contributed by atoms with Gasteiger partial charge in [0, 0.05) is 17.3 Å². The zero-order valence-corrected chi connectivity index (χ0v) is 18.1. The molecule has 148 valence electrons. The minimum absolute atomic E-state index is 0.641. The van der Waals surface area contributed by atoms with E-state index in [2.05, 4.69) is 46.5 Å². The summed E-state index contributed by atoms with van der Waals surface area (Å²) in [5, 5.41) is 13.6. The van der Waals surface area contributed by atoms with E-state index in [1.807, 2.05) is 24.3 Å². The Kier molecular flexibility index (Phi) is 7.80. The summed E-state index contributed by atoms with van der Waals surface area (Å²) in [7, 11) is 0. The highest BCUT2D eigenvalue weighted by atomic mass is 35.5. The van der Waals surface area contributed by atoms with Crippen LogP contribution >= 0.6 is 22.9 Å². The third-order valence-corrected chi connectivity index (χ3v) is 5.78. The molecule has 0 saturated carbocycles. The summed E-state index contributed by atoms with van der Waals surface area (Å²) in [6.45, 7) is 5.32. The summed E-state index contributed by atoms with van der Waals surface area (Å²) in [4.78, 5) is 4.48. The molecule has 0 fully saturated rings. The molecule has 0 radical (unpaired) electrons. The van der Waals surface area contributed by atoms with Crippen molar-refractivity contribution in [2.45, 2.75) is 52.4 Å². The van der Waals surface area contributed by atoms with E-state index >= 15 is 0 Å². The van der Waals surface area contributed by atoms with Crippen molar-refractivity contribution in [2.75, 3.05) is 11.9 Å². The van der Waals surface area contributed by atoms with Gasteiger partial charge in [-0.25, -0.2) is 4.98 Å². The van der Waals surface area contributed by atoms with Crippen LogP contribution in [0, 0.1) is 6.92 Å². The first-order valence-electron chi connectivity index (χ1n) is 9.98. The second-order valence-corrected chi connectivity index (χ2v) is 8.45. The van der Waals surface area contributed by atoms with Crippen molar-refractivity contribution < 1.29 is 0 Å². The van der Waals surface area contributed by atoms with Crippen molar-refractivity contribution in [3.63, 3.8) is 0 Å². The van der Waals surface area contributed by atoms with Gasteiger partial charge in [0.1, 0.15) is 0 Å². The number of azo groups is 1. The fourth-order valence-electron chi connectivity index (χ4n) is 3.04. The van der Waals surface area contributed by atoms with Crippen LogP contribution in [-0.4, -0.2) is 11.5 Å². The minimum Gasteiger partial charge on any atom is -0.385 e. The van der Waals surface area contributed by atoms with Gasteiger partial charge in [-0.05, 0) is 55.3 Å². The van der Waals surface area contributed by atoms with Gasteiger partial charge in [0.15, 0.2) is 0 Å². The lowest BCUT2D eigenvalue weighted by molar-refractivity contribution is 0.617. The highest BCUT2D eigenvalue weighted by molar-refractivity contribution is 7.21. The van der Waals surface area contributed by atoms with Gasteiger partial charge < -0.3 is 5.32 Å². The topological polar surface area (TPSA) is 49.6 Å². The Hall–Kier alpha value is -1.98. The van der Waals surface area contributed by atoms with Gasteiger partial charge in [0.05, 0.1) is 15.9 Å². The molecule has 0 aliphatic rings. The maximum Gasteiger partial charge on any atom is 0.231 e. The SMILES string of the molecule is CCCCCCCCNc1ccc(N=Nc2nc3ccc(Cl)cc3s2)c(C)c1. The summed E-state index contributed by atoms with van der Waals surface area (Å²) in [6.07, 6.45) is 7.86. The first kappa shape index (κ1) is 20.7. The number of fused-ring (bicyclic) bond motifs is 1. The number of hydrogen-bond acceptors (Lipinski definition) is 5. The van der Waals surface area contributed by atoms with Crippen LogP contribution in [0.1, 0.15) is 51.0 Å². The van der Waals surface area contributed by atoms with E-state index in [9.17, 15) is 0 Å². The second kappa shape index (κ2) is 10.5. The molecule has 0 unspecified atom stereocenters. The van der Waals surface area contributed by atoms with E-state index < -0.39 is 0 Å². The quantitative estimate of drug-likeness (QED) is 0.267. The molecule has 0 aliphatic heterocycles. The molecule has 0 atom stereocenters.